The van der Waals surface area contributed by atoms with Crippen molar-refractivity contribution in [3.8, 4) is 5.75 Å². The Morgan fingerprint density at radius 1 is 0.886 bits per heavy atom. The normalized spacial score (nSPS) is 10.7. The van der Waals surface area contributed by atoms with E-state index < -0.39 is 37.0 Å². The van der Waals surface area contributed by atoms with Gasteiger partial charge in [-0.05, 0) is 55.8 Å². The van der Waals surface area contributed by atoms with Crippen LogP contribution in [0, 0.1) is 0 Å². The molecule has 186 valence electrons. The van der Waals surface area contributed by atoms with E-state index in [4.69, 9.17) is 14.2 Å². The van der Waals surface area contributed by atoms with Crippen LogP contribution in [-0.2, 0) is 23.8 Å². The van der Waals surface area contributed by atoms with E-state index in [1.54, 1.807) is 13.8 Å². The Hall–Kier alpha value is -4.28. The molecule has 0 heterocycles. The van der Waals surface area contributed by atoms with Crippen LogP contribution in [0.4, 0.5) is 14.5 Å². The largest absolute Gasteiger partial charge is 0.462 e. The van der Waals surface area contributed by atoms with E-state index in [1.165, 1.54) is 48.5 Å². The van der Waals surface area contributed by atoms with Gasteiger partial charge < -0.3 is 24.3 Å². The van der Waals surface area contributed by atoms with Gasteiger partial charge in [0.25, 0.3) is 5.91 Å². The van der Waals surface area contributed by atoms with Gasteiger partial charge in [-0.25, -0.2) is 14.4 Å². The van der Waals surface area contributed by atoms with Crippen molar-refractivity contribution in [1.29, 1.82) is 0 Å². The van der Waals surface area contributed by atoms with Crippen molar-refractivity contribution in [3.63, 3.8) is 0 Å². The van der Waals surface area contributed by atoms with Gasteiger partial charge in [0, 0.05) is 11.8 Å². The van der Waals surface area contributed by atoms with Gasteiger partial charge in [-0.2, -0.15) is 8.78 Å². The minimum Gasteiger partial charge on any atom is -0.462 e. The van der Waals surface area contributed by atoms with Gasteiger partial charge in [-0.1, -0.05) is 12.1 Å². The fourth-order valence-electron chi connectivity index (χ4n) is 2.67. The number of esters is 3. The molecule has 0 bridgehead atoms. The second-order valence-electron chi connectivity index (χ2n) is 6.68. The lowest BCUT2D eigenvalue weighted by Crippen LogP contribution is -2.21. The van der Waals surface area contributed by atoms with E-state index in [9.17, 15) is 28.0 Å². The average molecular weight is 491 g/mol. The van der Waals surface area contributed by atoms with E-state index in [1.807, 2.05) is 0 Å². The number of halogens is 2. The van der Waals surface area contributed by atoms with Crippen molar-refractivity contribution in [2.75, 3.05) is 25.1 Å². The highest BCUT2D eigenvalue weighted by atomic mass is 19.3. The van der Waals surface area contributed by atoms with Gasteiger partial charge in [0.2, 0.25) is 0 Å². The highest BCUT2D eigenvalue weighted by Gasteiger charge is 2.16. The number of hydrogen-bond donors (Lipinski definition) is 1. The maximum Gasteiger partial charge on any atom is 0.387 e. The zero-order valence-electron chi connectivity index (χ0n) is 18.9. The molecule has 2 aromatic carbocycles. The summed E-state index contributed by atoms with van der Waals surface area (Å²) in [5.41, 5.74) is 0.659. The summed E-state index contributed by atoms with van der Waals surface area (Å²) in [6.07, 6.45) is 2.41. The third-order valence-corrected chi connectivity index (χ3v) is 4.10. The molecule has 0 aromatic heterocycles. The van der Waals surface area contributed by atoms with Crippen molar-refractivity contribution in [2.24, 2.45) is 0 Å². The molecule has 0 atom stereocenters. The topological polar surface area (TPSA) is 117 Å². The summed E-state index contributed by atoms with van der Waals surface area (Å²) >= 11 is 0. The van der Waals surface area contributed by atoms with E-state index in [0.717, 1.165) is 6.08 Å². The molecule has 0 fully saturated rings. The predicted molar refractivity (Wildman–Crippen MR) is 120 cm³/mol. The molecule has 0 aliphatic rings. The van der Waals surface area contributed by atoms with Gasteiger partial charge >= 0.3 is 24.5 Å². The highest BCUT2D eigenvalue weighted by molar-refractivity contribution is 6.00. The molecule has 0 aliphatic carbocycles. The Labute approximate surface area is 199 Å². The minimum atomic E-state index is -2.94. The number of carbonyl (C=O) groups is 4. The number of anilines is 1. The average Bonchev–Trinajstić information content (AvgIpc) is 2.82. The van der Waals surface area contributed by atoms with Crippen LogP contribution < -0.4 is 10.1 Å². The van der Waals surface area contributed by atoms with Crippen molar-refractivity contribution < 1.29 is 46.9 Å². The minimum absolute atomic E-state index is 0.0256. The van der Waals surface area contributed by atoms with E-state index in [2.05, 4.69) is 10.1 Å². The standard InChI is InChI=1S/C24H23F2NO8/c1-3-32-22(30)16-11-17(23(31)33-4-2)13-18(12-16)27-20(28)14-34-21(29)10-7-15-5-8-19(9-6-15)35-24(25)26/h5-13,24H,3-4,14H2,1-2H3,(H,27,28). The summed E-state index contributed by atoms with van der Waals surface area (Å²) in [6.45, 7) is -0.127. The molecular formula is C24H23F2NO8. The second kappa shape index (κ2) is 13.4. The zero-order chi connectivity index (χ0) is 25.8. The summed E-state index contributed by atoms with van der Waals surface area (Å²) in [5.74, 6) is -2.98. The first-order valence-corrected chi connectivity index (χ1v) is 10.4. The van der Waals surface area contributed by atoms with Crippen LogP contribution in [0.3, 0.4) is 0 Å². The molecule has 2 aromatic rings. The Morgan fingerprint density at radius 2 is 1.46 bits per heavy atom. The Bertz CT molecular complexity index is 1050. The number of amides is 1. The number of alkyl halides is 2. The summed E-state index contributed by atoms with van der Waals surface area (Å²) < 4.78 is 43.3. The summed E-state index contributed by atoms with van der Waals surface area (Å²) in [6, 6.07) is 9.41. The fourth-order valence-corrected chi connectivity index (χ4v) is 2.67. The number of benzene rings is 2. The highest BCUT2D eigenvalue weighted by Crippen LogP contribution is 2.18. The second-order valence-corrected chi connectivity index (χ2v) is 6.68. The molecule has 2 rings (SSSR count). The molecule has 0 unspecified atom stereocenters. The van der Waals surface area contributed by atoms with Gasteiger partial charge in [0.05, 0.1) is 24.3 Å². The smallest absolute Gasteiger partial charge is 0.387 e. The van der Waals surface area contributed by atoms with Gasteiger partial charge in [-0.15, -0.1) is 0 Å². The molecule has 9 nitrogen and oxygen atoms in total. The molecular weight excluding hydrogens is 468 g/mol. The van der Waals surface area contributed by atoms with Crippen LogP contribution in [0.5, 0.6) is 5.75 Å². The molecule has 11 heteroatoms. The third kappa shape index (κ3) is 9.24. The quantitative estimate of drug-likeness (QED) is 0.286. The first-order valence-electron chi connectivity index (χ1n) is 10.4. The van der Waals surface area contributed by atoms with Crippen molar-refractivity contribution in [2.45, 2.75) is 20.5 Å². The van der Waals surface area contributed by atoms with E-state index in [-0.39, 0.29) is 35.8 Å². The van der Waals surface area contributed by atoms with Crippen LogP contribution in [0.15, 0.2) is 48.5 Å². The van der Waals surface area contributed by atoms with Gasteiger partial charge in [0.15, 0.2) is 6.61 Å². The molecule has 0 radical (unpaired) electrons. The van der Waals surface area contributed by atoms with Crippen molar-refractivity contribution in [1.82, 2.24) is 0 Å². The number of hydrogen-bond acceptors (Lipinski definition) is 8. The summed E-state index contributed by atoms with van der Waals surface area (Å²) in [4.78, 5) is 48.3. The molecule has 35 heavy (non-hydrogen) atoms. The van der Waals surface area contributed by atoms with Crippen LogP contribution in [0.2, 0.25) is 0 Å². The first-order chi connectivity index (χ1) is 16.7. The zero-order valence-corrected chi connectivity index (χ0v) is 18.9. The van der Waals surface area contributed by atoms with Gasteiger partial charge in [-0.3, -0.25) is 4.79 Å². The van der Waals surface area contributed by atoms with E-state index in [0.29, 0.717) is 5.56 Å². The lowest BCUT2D eigenvalue weighted by atomic mass is 10.1. The number of carbonyl (C=O) groups excluding carboxylic acids is 4. The maximum atomic E-state index is 12.2. The Morgan fingerprint density at radius 3 is 1.97 bits per heavy atom. The molecule has 0 saturated carbocycles. The van der Waals surface area contributed by atoms with Crippen LogP contribution >= 0.6 is 0 Å². The number of ether oxygens (including phenoxy) is 4. The number of nitrogens with one attached hydrogen (secondary N) is 1. The SMILES string of the molecule is CCOC(=O)c1cc(NC(=O)COC(=O)C=Cc2ccc(OC(F)F)cc2)cc(C(=O)OCC)c1. The Balaban J connectivity index is 1.98. The lowest BCUT2D eigenvalue weighted by molar-refractivity contribution is -0.142. The first kappa shape index (κ1) is 27.0. The maximum absolute atomic E-state index is 12.2. The van der Waals surface area contributed by atoms with Crippen molar-refractivity contribution >= 4 is 35.6 Å². The molecule has 0 aliphatic heterocycles. The third-order valence-electron chi connectivity index (χ3n) is 4.10. The Kier molecular flexibility index (Phi) is 10.3. The number of rotatable bonds is 11. The monoisotopic (exact) mass is 491 g/mol. The predicted octanol–water partition coefficient (Wildman–Crippen LogP) is 3.84. The molecule has 1 N–H and O–H groups in total. The molecule has 0 saturated heterocycles. The fraction of sp³-hybridized carbons (Fsp3) is 0.250. The molecule has 0 spiro atoms. The van der Waals surface area contributed by atoms with Crippen molar-refractivity contribution in [3.05, 3.63) is 65.2 Å². The summed E-state index contributed by atoms with van der Waals surface area (Å²) in [5, 5.41) is 2.44. The molecule has 1 amide bonds. The van der Waals surface area contributed by atoms with E-state index >= 15 is 0 Å². The lowest BCUT2D eigenvalue weighted by Gasteiger charge is -2.10. The van der Waals surface area contributed by atoms with Crippen LogP contribution in [-0.4, -0.2) is 50.2 Å². The van der Waals surface area contributed by atoms with Gasteiger partial charge in [0.1, 0.15) is 5.75 Å². The summed E-state index contributed by atoms with van der Waals surface area (Å²) in [7, 11) is 0. The van der Waals surface area contributed by atoms with Crippen LogP contribution in [0.1, 0.15) is 40.1 Å². The van der Waals surface area contributed by atoms with Crippen LogP contribution in [0.25, 0.3) is 6.08 Å².